The number of hydrogen-bond acceptors (Lipinski definition) is 4. The molecule has 100 valence electrons. The van der Waals surface area contributed by atoms with Gasteiger partial charge in [0.15, 0.2) is 9.84 Å². The summed E-state index contributed by atoms with van der Waals surface area (Å²) >= 11 is 6.06. The number of rotatable bonds is 3. The van der Waals surface area contributed by atoms with Crippen molar-refractivity contribution in [1.29, 1.82) is 0 Å². The van der Waals surface area contributed by atoms with E-state index in [9.17, 15) is 13.5 Å². The molecule has 1 aromatic rings. The number of benzene rings is 1. The van der Waals surface area contributed by atoms with Crippen LogP contribution in [0.1, 0.15) is 5.56 Å². The van der Waals surface area contributed by atoms with Gasteiger partial charge in [-0.2, -0.15) is 0 Å². The van der Waals surface area contributed by atoms with Gasteiger partial charge in [0.2, 0.25) is 0 Å². The third kappa shape index (κ3) is 3.03. The average Bonchev–Trinajstić information content (AvgIpc) is 2.55. The van der Waals surface area contributed by atoms with Crippen LogP contribution in [0.15, 0.2) is 24.3 Å². The first-order chi connectivity index (χ1) is 8.39. The minimum absolute atomic E-state index is 0.00905. The zero-order chi connectivity index (χ0) is 13.3. The van der Waals surface area contributed by atoms with Crippen molar-refractivity contribution in [3.05, 3.63) is 34.9 Å². The number of aliphatic hydroxyl groups is 1. The minimum Gasteiger partial charge on any atom is -0.390 e. The quantitative estimate of drug-likeness (QED) is 0.899. The van der Waals surface area contributed by atoms with Gasteiger partial charge in [0.25, 0.3) is 0 Å². The molecule has 0 unspecified atom stereocenters. The summed E-state index contributed by atoms with van der Waals surface area (Å²) in [5.74, 6) is -0.139. The normalized spacial score (nSPS) is 26.7. The summed E-state index contributed by atoms with van der Waals surface area (Å²) in [7, 11) is -1.31. The highest BCUT2D eigenvalue weighted by atomic mass is 35.5. The van der Waals surface area contributed by atoms with Gasteiger partial charge < -0.3 is 5.11 Å². The molecule has 6 heteroatoms. The topological polar surface area (TPSA) is 57.6 Å². The van der Waals surface area contributed by atoms with Crippen LogP contribution in [-0.2, 0) is 16.4 Å². The lowest BCUT2D eigenvalue weighted by molar-refractivity contribution is 0.0958. The Morgan fingerprint density at radius 2 is 2.06 bits per heavy atom. The van der Waals surface area contributed by atoms with Crippen molar-refractivity contribution in [3.8, 4) is 0 Å². The van der Waals surface area contributed by atoms with Crippen LogP contribution in [0.25, 0.3) is 0 Å². The van der Waals surface area contributed by atoms with Crippen LogP contribution in [0.3, 0.4) is 0 Å². The molecule has 1 N–H and O–H groups in total. The molecule has 0 radical (unpaired) electrons. The van der Waals surface area contributed by atoms with Crippen LogP contribution in [0.2, 0.25) is 5.02 Å². The molecule has 1 aromatic carbocycles. The zero-order valence-electron chi connectivity index (χ0n) is 10.1. The molecular formula is C12H16ClNO3S. The average molecular weight is 290 g/mol. The van der Waals surface area contributed by atoms with Crippen molar-refractivity contribution in [2.24, 2.45) is 0 Å². The number of aliphatic hydroxyl groups excluding tert-OH is 1. The summed E-state index contributed by atoms with van der Waals surface area (Å²) in [4.78, 5) is 1.84. The Labute approximate surface area is 112 Å². The Balaban J connectivity index is 2.09. The lowest BCUT2D eigenvalue weighted by Gasteiger charge is -2.26. The second kappa shape index (κ2) is 5.17. The molecule has 0 amide bonds. The molecule has 4 nitrogen and oxygen atoms in total. The molecule has 2 atom stereocenters. The molecule has 2 rings (SSSR count). The van der Waals surface area contributed by atoms with Gasteiger partial charge in [0.05, 0.1) is 23.7 Å². The third-order valence-corrected chi connectivity index (χ3v) is 5.30. The zero-order valence-corrected chi connectivity index (χ0v) is 11.7. The largest absolute Gasteiger partial charge is 0.390 e. The molecule has 1 aliphatic rings. The maximum Gasteiger partial charge on any atom is 0.154 e. The molecule has 1 aliphatic heterocycles. The van der Waals surface area contributed by atoms with E-state index in [0.717, 1.165) is 5.56 Å². The van der Waals surface area contributed by atoms with E-state index in [0.29, 0.717) is 11.6 Å². The van der Waals surface area contributed by atoms with Crippen LogP contribution in [0, 0.1) is 0 Å². The fourth-order valence-corrected chi connectivity index (χ4v) is 4.32. The predicted octanol–water partition coefficient (Wildman–Crippen LogP) is 0.930. The molecule has 18 heavy (non-hydrogen) atoms. The fourth-order valence-electron chi connectivity index (χ4n) is 2.24. The molecule has 0 bridgehead atoms. The minimum atomic E-state index is -3.12. The van der Waals surface area contributed by atoms with E-state index in [1.165, 1.54) is 0 Å². The van der Waals surface area contributed by atoms with E-state index in [1.807, 2.05) is 23.1 Å². The van der Waals surface area contributed by atoms with Crippen molar-refractivity contribution in [1.82, 2.24) is 4.90 Å². The van der Waals surface area contributed by atoms with Crippen LogP contribution in [-0.4, -0.2) is 49.1 Å². The van der Waals surface area contributed by atoms with Crippen LogP contribution >= 0.6 is 11.6 Å². The van der Waals surface area contributed by atoms with Gasteiger partial charge in [-0.25, -0.2) is 8.42 Å². The number of nitrogens with zero attached hydrogens (tertiary/aromatic N) is 1. The van der Waals surface area contributed by atoms with Gasteiger partial charge in [-0.3, -0.25) is 4.90 Å². The Hall–Kier alpha value is -0.620. The molecule has 1 fully saturated rings. The van der Waals surface area contributed by atoms with Gasteiger partial charge in [-0.05, 0) is 18.7 Å². The standard InChI is InChI=1S/C12H16ClNO3S/c1-14(6-9-4-2-3-5-10(9)13)11-7-18(16,17)8-12(11)15/h2-5,11-12,15H,6-8H2,1H3/t11-,12+/m1/s1. The van der Waals surface area contributed by atoms with Gasteiger partial charge in [-0.15, -0.1) is 0 Å². The highest BCUT2D eigenvalue weighted by Gasteiger charge is 2.38. The summed E-state index contributed by atoms with van der Waals surface area (Å²) in [6.45, 7) is 0.525. The lowest BCUT2D eigenvalue weighted by atomic mass is 10.1. The first-order valence-corrected chi connectivity index (χ1v) is 7.91. The molecule has 1 heterocycles. The van der Waals surface area contributed by atoms with Crippen LogP contribution in [0.5, 0.6) is 0 Å². The fraction of sp³-hybridized carbons (Fsp3) is 0.500. The molecular weight excluding hydrogens is 274 g/mol. The van der Waals surface area contributed by atoms with Gasteiger partial charge in [0.1, 0.15) is 0 Å². The van der Waals surface area contributed by atoms with Crippen molar-refractivity contribution in [3.63, 3.8) is 0 Å². The maximum atomic E-state index is 11.5. The van der Waals surface area contributed by atoms with E-state index in [-0.39, 0.29) is 17.5 Å². The monoisotopic (exact) mass is 289 g/mol. The molecule has 0 saturated carbocycles. The van der Waals surface area contributed by atoms with E-state index in [1.54, 1.807) is 13.1 Å². The number of halogens is 1. The molecule has 0 spiro atoms. The van der Waals surface area contributed by atoms with E-state index < -0.39 is 15.9 Å². The first-order valence-electron chi connectivity index (χ1n) is 5.71. The Morgan fingerprint density at radius 3 is 2.61 bits per heavy atom. The van der Waals surface area contributed by atoms with E-state index in [2.05, 4.69) is 0 Å². The van der Waals surface area contributed by atoms with Crippen molar-refractivity contribution >= 4 is 21.4 Å². The third-order valence-electron chi connectivity index (χ3n) is 3.24. The van der Waals surface area contributed by atoms with Crippen molar-refractivity contribution < 1.29 is 13.5 Å². The van der Waals surface area contributed by atoms with Gasteiger partial charge >= 0.3 is 0 Å². The predicted molar refractivity (Wildman–Crippen MR) is 71.4 cm³/mol. The van der Waals surface area contributed by atoms with Crippen molar-refractivity contribution in [2.75, 3.05) is 18.6 Å². The summed E-state index contributed by atoms with van der Waals surface area (Å²) in [6.07, 6.45) is -0.817. The second-order valence-electron chi connectivity index (χ2n) is 4.72. The van der Waals surface area contributed by atoms with Crippen LogP contribution in [0.4, 0.5) is 0 Å². The number of likely N-dealkylation sites (N-methyl/N-ethyl adjacent to an activating group) is 1. The lowest BCUT2D eigenvalue weighted by Crippen LogP contribution is -2.40. The second-order valence-corrected chi connectivity index (χ2v) is 7.28. The molecule has 0 aromatic heterocycles. The smallest absolute Gasteiger partial charge is 0.154 e. The summed E-state index contributed by atoms with van der Waals surface area (Å²) < 4.78 is 22.9. The molecule has 0 aliphatic carbocycles. The molecule has 1 saturated heterocycles. The SMILES string of the molecule is CN(Cc1ccccc1Cl)[C@@H]1CS(=O)(=O)C[C@@H]1O. The number of sulfone groups is 1. The highest BCUT2D eigenvalue weighted by molar-refractivity contribution is 7.91. The van der Waals surface area contributed by atoms with Gasteiger partial charge in [0, 0.05) is 11.6 Å². The highest BCUT2D eigenvalue weighted by Crippen LogP contribution is 2.22. The first kappa shape index (κ1) is 13.8. The maximum absolute atomic E-state index is 11.5. The summed E-state index contributed by atoms with van der Waals surface area (Å²) in [5, 5.41) is 10.4. The van der Waals surface area contributed by atoms with E-state index in [4.69, 9.17) is 11.6 Å². The van der Waals surface area contributed by atoms with Gasteiger partial charge in [-0.1, -0.05) is 29.8 Å². The summed E-state index contributed by atoms with van der Waals surface area (Å²) in [5.41, 5.74) is 0.929. The van der Waals surface area contributed by atoms with Crippen LogP contribution < -0.4 is 0 Å². The Bertz CT molecular complexity index is 532. The summed E-state index contributed by atoms with van der Waals surface area (Å²) in [6, 6.07) is 7.07. The Kier molecular flexibility index (Phi) is 3.96. The number of hydrogen-bond donors (Lipinski definition) is 1. The van der Waals surface area contributed by atoms with E-state index >= 15 is 0 Å². The Morgan fingerprint density at radius 1 is 1.39 bits per heavy atom. The van der Waals surface area contributed by atoms with Crippen molar-refractivity contribution in [2.45, 2.75) is 18.7 Å².